The molecule has 0 aliphatic heterocycles. The van der Waals surface area contributed by atoms with Gasteiger partial charge in [0.2, 0.25) is 15.9 Å². The van der Waals surface area contributed by atoms with Crippen LogP contribution in [0.3, 0.4) is 0 Å². The summed E-state index contributed by atoms with van der Waals surface area (Å²) in [6, 6.07) is -0.761. The minimum atomic E-state index is -3.37. The summed E-state index contributed by atoms with van der Waals surface area (Å²) in [5, 5.41) is 0. The van der Waals surface area contributed by atoms with Crippen molar-refractivity contribution in [2.45, 2.75) is 64.8 Å². The van der Waals surface area contributed by atoms with Crippen molar-refractivity contribution < 1.29 is 13.2 Å². The second-order valence-corrected chi connectivity index (χ2v) is 6.47. The molecule has 0 saturated carbocycles. The lowest BCUT2D eigenvalue weighted by Crippen LogP contribution is -2.45. The van der Waals surface area contributed by atoms with Gasteiger partial charge in [-0.25, -0.2) is 13.1 Å². The van der Waals surface area contributed by atoms with Crippen molar-refractivity contribution in [3.05, 3.63) is 0 Å². The second-order valence-electron chi connectivity index (χ2n) is 4.59. The Bertz CT molecular complexity index is 328. The van der Waals surface area contributed by atoms with Crippen LogP contribution in [0.5, 0.6) is 0 Å². The Hall–Kier alpha value is -0.620. The van der Waals surface area contributed by atoms with E-state index in [4.69, 9.17) is 5.73 Å². The Morgan fingerprint density at radius 1 is 1.11 bits per heavy atom. The van der Waals surface area contributed by atoms with Gasteiger partial charge in [-0.15, -0.1) is 0 Å². The summed E-state index contributed by atoms with van der Waals surface area (Å²) in [6.45, 7) is 3.91. The molecule has 108 valence electrons. The van der Waals surface area contributed by atoms with Crippen molar-refractivity contribution in [3.63, 3.8) is 0 Å². The number of sulfonamides is 1. The molecular formula is C12H26N2O3S. The predicted octanol–water partition coefficient (Wildman–Crippen LogP) is 1.53. The van der Waals surface area contributed by atoms with Crippen LogP contribution in [-0.4, -0.2) is 26.1 Å². The van der Waals surface area contributed by atoms with E-state index in [0.29, 0.717) is 12.8 Å². The quantitative estimate of drug-likeness (QED) is 0.562. The second kappa shape index (κ2) is 9.33. The van der Waals surface area contributed by atoms with Crippen LogP contribution < -0.4 is 10.5 Å². The van der Waals surface area contributed by atoms with Crippen LogP contribution in [0, 0.1) is 0 Å². The summed E-state index contributed by atoms with van der Waals surface area (Å²) in [6.07, 6.45) is 6.28. The fourth-order valence-corrected chi connectivity index (χ4v) is 3.08. The Kier molecular flexibility index (Phi) is 9.01. The number of carbonyl (C=O) groups excluding carboxylic acids is 1. The molecular weight excluding hydrogens is 252 g/mol. The van der Waals surface area contributed by atoms with Crippen LogP contribution in [0.4, 0.5) is 0 Å². The molecule has 18 heavy (non-hydrogen) atoms. The van der Waals surface area contributed by atoms with E-state index in [1.54, 1.807) is 6.92 Å². The minimum Gasteiger partial charge on any atom is -0.368 e. The number of primary amides is 1. The highest BCUT2D eigenvalue weighted by molar-refractivity contribution is 7.89. The van der Waals surface area contributed by atoms with E-state index in [1.165, 1.54) is 6.42 Å². The largest absolute Gasteiger partial charge is 0.368 e. The molecule has 0 bridgehead atoms. The maximum Gasteiger partial charge on any atom is 0.235 e. The SMILES string of the molecule is CCCCCCCC(NS(=O)(=O)CCC)C(N)=O. The number of amides is 1. The standard InChI is InChI=1S/C12H26N2O3S/c1-3-5-6-7-8-9-11(12(13)15)14-18(16,17)10-4-2/h11,14H,3-10H2,1-2H3,(H2,13,15). The van der Waals surface area contributed by atoms with E-state index in [2.05, 4.69) is 11.6 Å². The molecule has 5 nitrogen and oxygen atoms in total. The summed E-state index contributed by atoms with van der Waals surface area (Å²) in [7, 11) is -3.37. The lowest BCUT2D eigenvalue weighted by molar-refractivity contribution is -0.119. The number of rotatable bonds is 11. The lowest BCUT2D eigenvalue weighted by atomic mass is 10.1. The Morgan fingerprint density at radius 3 is 2.22 bits per heavy atom. The highest BCUT2D eigenvalue weighted by atomic mass is 32.2. The molecule has 0 heterocycles. The first kappa shape index (κ1) is 17.4. The number of carbonyl (C=O) groups is 1. The van der Waals surface area contributed by atoms with Gasteiger partial charge in [0.25, 0.3) is 0 Å². The monoisotopic (exact) mass is 278 g/mol. The molecule has 1 amide bonds. The molecule has 0 saturated heterocycles. The van der Waals surface area contributed by atoms with E-state index in [-0.39, 0.29) is 5.75 Å². The van der Waals surface area contributed by atoms with Gasteiger partial charge in [-0.2, -0.15) is 0 Å². The lowest BCUT2D eigenvalue weighted by Gasteiger charge is -2.15. The Balaban J connectivity index is 4.12. The van der Waals surface area contributed by atoms with Crippen molar-refractivity contribution in [1.82, 2.24) is 4.72 Å². The molecule has 1 unspecified atom stereocenters. The zero-order chi connectivity index (χ0) is 14.0. The van der Waals surface area contributed by atoms with Gasteiger partial charge in [0.15, 0.2) is 0 Å². The number of unbranched alkanes of at least 4 members (excludes halogenated alkanes) is 4. The van der Waals surface area contributed by atoms with Crippen LogP contribution in [0.15, 0.2) is 0 Å². The van der Waals surface area contributed by atoms with E-state index in [0.717, 1.165) is 25.7 Å². The smallest absolute Gasteiger partial charge is 0.235 e. The Labute approximate surface area is 111 Å². The highest BCUT2D eigenvalue weighted by Crippen LogP contribution is 2.08. The normalized spacial score (nSPS) is 13.4. The van der Waals surface area contributed by atoms with Crippen LogP contribution in [0.2, 0.25) is 0 Å². The topological polar surface area (TPSA) is 89.3 Å². The molecule has 0 aromatic heterocycles. The first-order valence-corrected chi connectivity index (χ1v) is 8.37. The number of nitrogens with two attached hydrogens (primary N) is 1. The van der Waals surface area contributed by atoms with Gasteiger partial charge in [-0.05, 0) is 12.8 Å². The molecule has 0 aromatic rings. The van der Waals surface area contributed by atoms with Crippen molar-refractivity contribution in [2.24, 2.45) is 5.73 Å². The minimum absolute atomic E-state index is 0.0343. The van der Waals surface area contributed by atoms with E-state index >= 15 is 0 Å². The van der Waals surface area contributed by atoms with Crippen molar-refractivity contribution in [2.75, 3.05) is 5.75 Å². The van der Waals surface area contributed by atoms with Gasteiger partial charge in [-0.1, -0.05) is 46.0 Å². The van der Waals surface area contributed by atoms with Crippen molar-refractivity contribution in [3.8, 4) is 0 Å². The third-order valence-electron chi connectivity index (χ3n) is 2.73. The number of hydrogen-bond acceptors (Lipinski definition) is 3. The van der Waals surface area contributed by atoms with Crippen molar-refractivity contribution >= 4 is 15.9 Å². The van der Waals surface area contributed by atoms with Gasteiger partial charge < -0.3 is 5.73 Å². The average Bonchev–Trinajstić information content (AvgIpc) is 2.26. The van der Waals surface area contributed by atoms with Crippen molar-refractivity contribution in [1.29, 1.82) is 0 Å². The zero-order valence-corrected chi connectivity index (χ0v) is 12.3. The third-order valence-corrected chi connectivity index (χ3v) is 4.32. The number of nitrogens with one attached hydrogen (secondary N) is 1. The van der Waals surface area contributed by atoms with Gasteiger partial charge in [-0.3, -0.25) is 4.79 Å². The predicted molar refractivity (Wildman–Crippen MR) is 73.6 cm³/mol. The molecule has 0 spiro atoms. The third kappa shape index (κ3) is 8.47. The number of hydrogen-bond donors (Lipinski definition) is 2. The van der Waals surface area contributed by atoms with Gasteiger partial charge in [0.1, 0.15) is 6.04 Å². The average molecular weight is 278 g/mol. The summed E-state index contributed by atoms with van der Waals surface area (Å²) in [5.41, 5.74) is 5.22. The fraction of sp³-hybridized carbons (Fsp3) is 0.917. The summed E-state index contributed by atoms with van der Waals surface area (Å²) < 4.78 is 25.5. The molecule has 1 atom stereocenters. The maximum atomic E-state index is 11.6. The first-order chi connectivity index (χ1) is 8.43. The fourth-order valence-electron chi connectivity index (χ4n) is 1.76. The van der Waals surface area contributed by atoms with Crippen LogP contribution >= 0.6 is 0 Å². The molecule has 0 fully saturated rings. The van der Waals surface area contributed by atoms with Gasteiger partial charge >= 0.3 is 0 Å². The van der Waals surface area contributed by atoms with E-state index in [1.807, 2.05) is 0 Å². The molecule has 0 rings (SSSR count). The zero-order valence-electron chi connectivity index (χ0n) is 11.4. The summed E-state index contributed by atoms with van der Waals surface area (Å²) >= 11 is 0. The highest BCUT2D eigenvalue weighted by Gasteiger charge is 2.21. The van der Waals surface area contributed by atoms with Crippen LogP contribution in [0.25, 0.3) is 0 Å². The molecule has 0 aliphatic carbocycles. The molecule has 0 aliphatic rings. The molecule has 0 radical (unpaired) electrons. The van der Waals surface area contributed by atoms with Gasteiger partial charge in [0.05, 0.1) is 5.75 Å². The van der Waals surface area contributed by atoms with Crippen LogP contribution in [-0.2, 0) is 14.8 Å². The maximum absolute atomic E-state index is 11.6. The van der Waals surface area contributed by atoms with E-state index < -0.39 is 22.0 Å². The molecule has 3 N–H and O–H groups in total. The van der Waals surface area contributed by atoms with Gasteiger partial charge in [0, 0.05) is 0 Å². The molecule has 6 heteroatoms. The summed E-state index contributed by atoms with van der Waals surface area (Å²) in [4.78, 5) is 11.2. The van der Waals surface area contributed by atoms with E-state index in [9.17, 15) is 13.2 Å². The molecule has 0 aromatic carbocycles. The first-order valence-electron chi connectivity index (χ1n) is 6.72. The Morgan fingerprint density at radius 2 is 1.72 bits per heavy atom. The van der Waals surface area contributed by atoms with Crippen LogP contribution in [0.1, 0.15) is 58.8 Å². The summed E-state index contributed by atoms with van der Waals surface area (Å²) in [5.74, 6) is -0.558.